The van der Waals surface area contributed by atoms with Crippen molar-refractivity contribution in [2.24, 2.45) is 17.6 Å². The molecule has 168 valence electrons. The summed E-state index contributed by atoms with van der Waals surface area (Å²) < 4.78 is 0. The van der Waals surface area contributed by atoms with E-state index >= 15 is 0 Å². The summed E-state index contributed by atoms with van der Waals surface area (Å²) in [7, 11) is 0. The highest BCUT2D eigenvalue weighted by atomic mass is 16.4. The number of carbonyl (C=O) groups excluding carboxylic acids is 3. The molecule has 0 aromatic carbocycles. The molecule has 0 bridgehead atoms. The third-order valence-electron chi connectivity index (χ3n) is 4.35. The smallest absolute Gasteiger partial charge is 0.326 e. The Morgan fingerprint density at radius 1 is 1.13 bits per heavy atom. The zero-order chi connectivity index (χ0) is 22.8. The molecule has 1 aromatic rings. The number of aromatic amines is 1. The van der Waals surface area contributed by atoms with Crippen molar-refractivity contribution in [1.82, 2.24) is 25.9 Å². The predicted molar refractivity (Wildman–Crippen MR) is 109 cm³/mol. The number of hydrogen-bond donors (Lipinski definition) is 6. The van der Waals surface area contributed by atoms with Crippen molar-refractivity contribution in [2.75, 3.05) is 6.54 Å². The maximum atomic E-state index is 12.6. The third kappa shape index (κ3) is 8.60. The predicted octanol–water partition coefficient (Wildman–Crippen LogP) is -0.848. The van der Waals surface area contributed by atoms with Crippen LogP contribution in [0.3, 0.4) is 0 Å². The van der Waals surface area contributed by atoms with Gasteiger partial charge in [0.2, 0.25) is 17.7 Å². The number of rotatable bonds is 12. The van der Waals surface area contributed by atoms with Crippen molar-refractivity contribution in [2.45, 2.75) is 58.7 Å². The molecule has 0 aliphatic carbocycles. The van der Waals surface area contributed by atoms with Gasteiger partial charge in [-0.3, -0.25) is 14.4 Å². The van der Waals surface area contributed by atoms with Gasteiger partial charge in [0, 0.05) is 18.3 Å². The second-order valence-electron chi connectivity index (χ2n) is 7.92. The number of carbonyl (C=O) groups is 4. The van der Waals surface area contributed by atoms with Crippen LogP contribution in [0.2, 0.25) is 0 Å². The molecule has 7 N–H and O–H groups in total. The zero-order valence-electron chi connectivity index (χ0n) is 17.8. The van der Waals surface area contributed by atoms with Crippen LogP contribution in [0.15, 0.2) is 12.5 Å². The Balaban J connectivity index is 2.74. The topological polar surface area (TPSA) is 179 Å². The van der Waals surface area contributed by atoms with Crippen LogP contribution in [0.5, 0.6) is 0 Å². The number of carboxylic acids is 1. The quantitative estimate of drug-likeness (QED) is 0.253. The lowest BCUT2D eigenvalue weighted by Gasteiger charge is -2.22. The minimum Gasteiger partial charge on any atom is -0.480 e. The summed E-state index contributed by atoms with van der Waals surface area (Å²) in [6.07, 6.45) is 3.55. The Bertz CT molecular complexity index is 719. The molecule has 3 unspecified atom stereocenters. The molecule has 3 atom stereocenters. The van der Waals surface area contributed by atoms with Crippen LogP contribution in [-0.2, 0) is 25.6 Å². The van der Waals surface area contributed by atoms with Gasteiger partial charge in [0.1, 0.15) is 12.1 Å². The summed E-state index contributed by atoms with van der Waals surface area (Å²) >= 11 is 0. The van der Waals surface area contributed by atoms with E-state index in [0.29, 0.717) is 12.1 Å². The summed E-state index contributed by atoms with van der Waals surface area (Å²) in [6, 6.07) is -2.82. The molecule has 11 heteroatoms. The van der Waals surface area contributed by atoms with E-state index in [1.165, 1.54) is 12.5 Å². The number of carboxylic acid groups (broad SMARTS) is 1. The van der Waals surface area contributed by atoms with E-state index in [4.69, 9.17) is 10.8 Å². The Morgan fingerprint density at radius 2 is 1.80 bits per heavy atom. The lowest BCUT2D eigenvalue weighted by Crippen LogP contribution is -2.54. The average molecular weight is 425 g/mol. The minimum absolute atomic E-state index is 0.122. The van der Waals surface area contributed by atoms with Gasteiger partial charge >= 0.3 is 5.97 Å². The summed E-state index contributed by atoms with van der Waals surface area (Å²) in [5, 5.41) is 16.5. The molecular formula is C19H32N6O5. The zero-order valence-corrected chi connectivity index (χ0v) is 17.8. The molecule has 11 nitrogen and oxygen atoms in total. The number of nitrogens with one attached hydrogen (secondary N) is 4. The van der Waals surface area contributed by atoms with Crippen molar-refractivity contribution in [3.63, 3.8) is 0 Å². The summed E-state index contributed by atoms with van der Waals surface area (Å²) in [5.41, 5.74) is 6.50. The molecule has 0 aliphatic rings. The molecule has 3 amide bonds. The lowest BCUT2D eigenvalue weighted by molar-refractivity contribution is -0.143. The van der Waals surface area contributed by atoms with Crippen LogP contribution in [0, 0.1) is 11.8 Å². The second kappa shape index (κ2) is 11.9. The van der Waals surface area contributed by atoms with Gasteiger partial charge in [0.15, 0.2) is 0 Å². The molecule has 0 saturated carbocycles. The van der Waals surface area contributed by atoms with Gasteiger partial charge in [-0.1, -0.05) is 27.7 Å². The Kier molecular flexibility index (Phi) is 9.96. The Labute approximate surface area is 175 Å². The van der Waals surface area contributed by atoms with Gasteiger partial charge < -0.3 is 31.8 Å². The van der Waals surface area contributed by atoms with E-state index in [-0.39, 0.29) is 18.3 Å². The highest BCUT2D eigenvalue weighted by molar-refractivity contribution is 5.92. The number of nitrogens with zero attached hydrogens (tertiary/aromatic N) is 1. The fraction of sp³-hybridized carbons (Fsp3) is 0.632. The molecule has 0 radical (unpaired) electrons. The van der Waals surface area contributed by atoms with Gasteiger partial charge in [0.25, 0.3) is 0 Å². The molecule has 1 aromatic heterocycles. The maximum absolute atomic E-state index is 12.6. The Hall–Kier alpha value is -2.95. The van der Waals surface area contributed by atoms with E-state index in [1.54, 1.807) is 13.8 Å². The first-order valence-corrected chi connectivity index (χ1v) is 9.84. The third-order valence-corrected chi connectivity index (χ3v) is 4.35. The molecule has 0 fully saturated rings. The first kappa shape index (κ1) is 25.1. The van der Waals surface area contributed by atoms with Crippen molar-refractivity contribution in [3.8, 4) is 0 Å². The standard InChI is InChI=1S/C19H32N6O5/c1-10(2)5-13(20)17(27)24-14(6-12-7-21-9-23-12)18(28)22-8-15(26)25-16(11(3)4)19(29)30/h7,9-11,13-14,16H,5-6,8,20H2,1-4H3,(H,21,23)(H,22,28)(H,24,27)(H,25,26)(H,29,30). The number of amides is 3. The first-order chi connectivity index (χ1) is 14.0. The van der Waals surface area contributed by atoms with Crippen LogP contribution in [-0.4, -0.2) is 63.4 Å². The van der Waals surface area contributed by atoms with Crippen LogP contribution >= 0.6 is 0 Å². The van der Waals surface area contributed by atoms with Crippen molar-refractivity contribution >= 4 is 23.7 Å². The fourth-order valence-corrected chi connectivity index (χ4v) is 2.75. The number of aliphatic carboxylic acids is 1. The average Bonchev–Trinajstić information content (AvgIpc) is 3.15. The van der Waals surface area contributed by atoms with Crippen LogP contribution in [0.25, 0.3) is 0 Å². The molecule has 30 heavy (non-hydrogen) atoms. The van der Waals surface area contributed by atoms with Crippen molar-refractivity contribution in [1.29, 1.82) is 0 Å². The Morgan fingerprint density at radius 3 is 2.30 bits per heavy atom. The highest BCUT2D eigenvalue weighted by Gasteiger charge is 2.27. The van der Waals surface area contributed by atoms with Crippen LogP contribution < -0.4 is 21.7 Å². The van der Waals surface area contributed by atoms with Crippen molar-refractivity contribution < 1.29 is 24.3 Å². The van der Waals surface area contributed by atoms with E-state index in [0.717, 1.165) is 0 Å². The second-order valence-corrected chi connectivity index (χ2v) is 7.92. The molecule has 0 saturated heterocycles. The summed E-state index contributed by atoms with van der Waals surface area (Å²) in [4.78, 5) is 55.0. The maximum Gasteiger partial charge on any atom is 0.326 e. The van der Waals surface area contributed by atoms with Gasteiger partial charge in [-0.05, 0) is 18.3 Å². The SMILES string of the molecule is CC(C)CC(N)C(=O)NC(Cc1cnc[nH]1)C(=O)NCC(=O)NC(C(=O)O)C(C)C. The number of hydrogen-bond acceptors (Lipinski definition) is 6. The molecule has 1 rings (SSSR count). The molecular weight excluding hydrogens is 392 g/mol. The number of nitrogens with two attached hydrogens (primary N) is 1. The van der Waals surface area contributed by atoms with E-state index < -0.39 is 48.4 Å². The largest absolute Gasteiger partial charge is 0.480 e. The van der Waals surface area contributed by atoms with Crippen LogP contribution in [0.1, 0.15) is 39.8 Å². The normalized spacial score (nSPS) is 14.1. The monoisotopic (exact) mass is 424 g/mol. The first-order valence-electron chi connectivity index (χ1n) is 9.84. The van der Waals surface area contributed by atoms with E-state index in [1.807, 2.05) is 13.8 Å². The van der Waals surface area contributed by atoms with E-state index in [2.05, 4.69) is 25.9 Å². The fourth-order valence-electron chi connectivity index (χ4n) is 2.75. The molecule has 0 spiro atoms. The number of aromatic nitrogens is 2. The highest BCUT2D eigenvalue weighted by Crippen LogP contribution is 2.05. The summed E-state index contributed by atoms with van der Waals surface area (Å²) in [6.45, 7) is 6.76. The van der Waals surface area contributed by atoms with Crippen molar-refractivity contribution in [3.05, 3.63) is 18.2 Å². The number of H-pyrrole nitrogens is 1. The van der Waals surface area contributed by atoms with Gasteiger partial charge in [-0.25, -0.2) is 9.78 Å². The minimum atomic E-state index is -1.16. The van der Waals surface area contributed by atoms with Crippen LogP contribution in [0.4, 0.5) is 0 Å². The molecule has 1 heterocycles. The van der Waals surface area contributed by atoms with Gasteiger partial charge in [0.05, 0.1) is 18.9 Å². The number of imidazole rings is 1. The summed E-state index contributed by atoms with van der Waals surface area (Å²) in [5.74, 6) is -2.99. The van der Waals surface area contributed by atoms with E-state index in [9.17, 15) is 19.2 Å². The van der Waals surface area contributed by atoms with Gasteiger partial charge in [-0.15, -0.1) is 0 Å². The molecule has 0 aliphatic heterocycles. The lowest BCUT2D eigenvalue weighted by atomic mass is 10.0. The van der Waals surface area contributed by atoms with Gasteiger partial charge in [-0.2, -0.15) is 0 Å².